The van der Waals surface area contributed by atoms with E-state index in [1.54, 1.807) is 0 Å². The average Bonchev–Trinajstić information content (AvgIpc) is 1.91. The molecule has 0 N–H and O–H groups in total. The van der Waals surface area contributed by atoms with Gasteiger partial charge in [-0.25, -0.2) is 0 Å². The van der Waals surface area contributed by atoms with E-state index in [2.05, 4.69) is 20.1 Å². The molecule has 0 atom stereocenters. The molecule has 0 aromatic rings. The van der Waals surface area contributed by atoms with Crippen molar-refractivity contribution in [3.63, 3.8) is 0 Å². The molecule has 0 aliphatic heterocycles. The fourth-order valence-electron chi connectivity index (χ4n) is 0.772. The summed E-state index contributed by atoms with van der Waals surface area (Å²) in [5.41, 5.74) is 0. The van der Waals surface area contributed by atoms with Gasteiger partial charge in [0.25, 0.3) is 0 Å². The van der Waals surface area contributed by atoms with Crippen molar-refractivity contribution in [2.24, 2.45) is 5.92 Å². The number of allylic oxidation sites excluding steroid dienone is 2. The molecule has 0 heterocycles. The molecule has 0 aliphatic carbocycles. The Kier molecular flexibility index (Phi) is 5.29. The molecule has 0 unspecified atom stereocenters. The summed E-state index contributed by atoms with van der Waals surface area (Å²) in [6.07, 6.45) is 7.68. The fourth-order valence-corrected chi connectivity index (χ4v) is 0.772. The van der Waals surface area contributed by atoms with Crippen LogP contribution >= 0.6 is 0 Å². The first-order valence-corrected chi connectivity index (χ1v) is 3.60. The predicted molar refractivity (Wildman–Crippen MR) is 43.4 cm³/mol. The zero-order valence-corrected chi connectivity index (χ0v) is 6.27. The number of unbranched alkanes of at least 4 members (excludes halogenated alkanes) is 1. The van der Waals surface area contributed by atoms with Crippen molar-refractivity contribution in [3.05, 3.63) is 25.3 Å². The van der Waals surface area contributed by atoms with E-state index in [9.17, 15) is 0 Å². The van der Waals surface area contributed by atoms with Gasteiger partial charge in [-0.2, -0.15) is 0 Å². The molecule has 0 aromatic heterocycles. The highest BCUT2D eigenvalue weighted by Crippen LogP contribution is 2.09. The molecule has 0 saturated heterocycles. The molecule has 0 saturated carbocycles. The molecule has 52 valence electrons. The van der Waals surface area contributed by atoms with Gasteiger partial charge in [-0.15, -0.1) is 13.2 Å². The van der Waals surface area contributed by atoms with Crippen LogP contribution in [0.5, 0.6) is 0 Å². The van der Waals surface area contributed by atoms with Crippen LogP contribution in [0.25, 0.3) is 0 Å². The summed E-state index contributed by atoms with van der Waals surface area (Å²) in [7, 11) is 0. The van der Waals surface area contributed by atoms with E-state index in [1.807, 2.05) is 12.2 Å². The Morgan fingerprint density at radius 1 is 1.33 bits per heavy atom. The first-order valence-electron chi connectivity index (χ1n) is 3.60. The van der Waals surface area contributed by atoms with Gasteiger partial charge in [0.05, 0.1) is 0 Å². The molecular weight excluding hydrogens is 108 g/mol. The van der Waals surface area contributed by atoms with Gasteiger partial charge in [0, 0.05) is 0 Å². The van der Waals surface area contributed by atoms with Gasteiger partial charge in [0.15, 0.2) is 0 Å². The summed E-state index contributed by atoms with van der Waals surface area (Å²) in [6, 6.07) is 0. The van der Waals surface area contributed by atoms with Gasteiger partial charge in [-0.05, 0) is 12.3 Å². The molecule has 0 aliphatic rings. The summed E-state index contributed by atoms with van der Waals surface area (Å²) in [6.45, 7) is 9.62. The van der Waals surface area contributed by atoms with Gasteiger partial charge >= 0.3 is 0 Å². The number of hydrogen-bond acceptors (Lipinski definition) is 0. The van der Waals surface area contributed by atoms with E-state index in [4.69, 9.17) is 0 Å². The Balaban J connectivity index is 3.30. The highest BCUT2D eigenvalue weighted by Gasteiger charge is 1.94. The lowest BCUT2D eigenvalue weighted by Gasteiger charge is -2.02. The molecule has 0 aromatic carbocycles. The third-order valence-corrected chi connectivity index (χ3v) is 1.50. The zero-order chi connectivity index (χ0) is 7.11. The van der Waals surface area contributed by atoms with Crippen LogP contribution in [-0.2, 0) is 0 Å². The lowest BCUT2D eigenvalue weighted by Crippen LogP contribution is -1.88. The lowest BCUT2D eigenvalue weighted by atomic mass is 10.0. The van der Waals surface area contributed by atoms with Crippen LogP contribution in [-0.4, -0.2) is 0 Å². The van der Waals surface area contributed by atoms with Crippen LogP contribution in [0.1, 0.15) is 26.2 Å². The largest absolute Gasteiger partial charge is 0.102 e. The molecule has 0 fully saturated rings. The van der Waals surface area contributed by atoms with Crippen LogP contribution < -0.4 is 0 Å². The van der Waals surface area contributed by atoms with E-state index in [-0.39, 0.29) is 0 Å². The number of hydrogen-bond donors (Lipinski definition) is 0. The minimum Gasteiger partial charge on any atom is -0.102 e. The average molecular weight is 124 g/mol. The summed E-state index contributed by atoms with van der Waals surface area (Å²) in [5.74, 6) is 0.532. The van der Waals surface area contributed by atoms with Gasteiger partial charge in [0.2, 0.25) is 0 Å². The van der Waals surface area contributed by atoms with Crippen LogP contribution in [0, 0.1) is 5.92 Å². The maximum Gasteiger partial charge on any atom is -0.00589 e. The Morgan fingerprint density at radius 3 is 2.22 bits per heavy atom. The van der Waals surface area contributed by atoms with Crippen LogP contribution in [0.2, 0.25) is 0 Å². The highest BCUT2D eigenvalue weighted by molar-refractivity contribution is 4.91. The van der Waals surface area contributed by atoms with Crippen molar-refractivity contribution in [1.82, 2.24) is 0 Å². The molecule has 0 bridgehead atoms. The molecule has 0 heteroatoms. The third-order valence-electron chi connectivity index (χ3n) is 1.50. The lowest BCUT2D eigenvalue weighted by molar-refractivity contribution is 0.644. The second-order valence-corrected chi connectivity index (χ2v) is 2.28. The Hall–Kier alpha value is -0.520. The van der Waals surface area contributed by atoms with Crippen molar-refractivity contribution in [2.75, 3.05) is 0 Å². The molecule has 0 nitrogen and oxygen atoms in total. The third kappa shape index (κ3) is 4.01. The van der Waals surface area contributed by atoms with E-state index in [0.717, 1.165) is 0 Å². The minimum absolute atomic E-state index is 0.532. The summed E-state index contributed by atoms with van der Waals surface area (Å²) < 4.78 is 0. The molecule has 0 spiro atoms. The summed E-state index contributed by atoms with van der Waals surface area (Å²) >= 11 is 0. The first kappa shape index (κ1) is 8.48. The molecular formula is C9H16. The monoisotopic (exact) mass is 124 g/mol. The second kappa shape index (κ2) is 5.61. The SMILES string of the molecule is C=CC(C=C)CCCC. The van der Waals surface area contributed by atoms with Crippen molar-refractivity contribution < 1.29 is 0 Å². The Labute approximate surface area is 58.3 Å². The standard InChI is InChI=1S/C9H16/c1-4-7-8-9(5-2)6-3/h5-6,9H,2-4,7-8H2,1H3. The maximum atomic E-state index is 3.71. The van der Waals surface area contributed by atoms with Crippen LogP contribution in [0.3, 0.4) is 0 Å². The molecule has 0 amide bonds. The Morgan fingerprint density at radius 2 is 1.89 bits per heavy atom. The topological polar surface area (TPSA) is 0 Å². The predicted octanol–water partition coefficient (Wildman–Crippen LogP) is 3.16. The van der Waals surface area contributed by atoms with Gasteiger partial charge in [-0.3, -0.25) is 0 Å². The van der Waals surface area contributed by atoms with E-state index >= 15 is 0 Å². The fraction of sp³-hybridized carbons (Fsp3) is 0.556. The van der Waals surface area contributed by atoms with Gasteiger partial charge in [0.1, 0.15) is 0 Å². The van der Waals surface area contributed by atoms with E-state index in [1.165, 1.54) is 19.3 Å². The van der Waals surface area contributed by atoms with Gasteiger partial charge in [-0.1, -0.05) is 31.9 Å². The van der Waals surface area contributed by atoms with E-state index in [0.29, 0.717) is 5.92 Å². The van der Waals surface area contributed by atoms with Crippen LogP contribution in [0.15, 0.2) is 25.3 Å². The van der Waals surface area contributed by atoms with Crippen molar-refractivity contribution in [3.8, 4) is 0 Å². The summed E-state index contributed by atoms with van der Waals surface area (Å²) in [4.78, 5) is 0. The van der Waals surface area contributed by atoms with Crippen molar-refractivity contribution in [1.29, 1.82) is 0 Å². The number of rotatable bonds is 5. The molecule has 0 rings (SSSR count). The van der Waals surface area contributed by atoms with Crippen molar-refractivity contribution in [2.45, 2.75) is 26.2 Å². The molecule has 9 heavy (non-hydrogen) atoms. The van der Waals surface area contributed by atoms with Crippen LogP contribution in [0.4, 0.5) is 0 Å². The second-order valence-electron chi connectivity index (χ2n) is 2.28. The first-order chi connectivity index (χ1) is 4.35. The summed E-state index contributed by atoms with van der Waals surface area (Å²) in [5, 5.41) is 0. The normalized spacial score (nSPS) is 9.56. The maximum absolute atomic E-state index is 3.71. The van der Waals surface area contributed by atoms with E-state index < -0.39 is 0 Å². The zero-order valence-electron chi connectivity index (χ0n) is 6.27. The highest BCUT2D eigenvalue weighted by atomic mass is 14.0. The smallest absolute Gasteiger partial charge is 0.00589 e. The van der Waals surface area contributed by atoms with Crippen molar-refractivity contribution >= 4 is 0 Å². The Bertz CT molecular complexity index is 74.0. The molecule has 0 radical (unpaired) electrons. The minimum atomic E-state index is 0.532. The quantitative estimate of drug-likeness (QED) is 0.494. The van der Waals surface area contributed by atoms with Gasteiger partial charge < -0.3 is 0 Å².